The molecule has 3 amide bonds. The van der Waals surface area contributed by atoms with Gasteiger partial charge in [0.1, 0.15) is 18.1 Å². The number of urea groups is 1. The molecule has 4 rings (SSSR count). The average Bonchev–Trinajstić information content (AvgIpc) is 3.54. The Labute approximate surface area is 193 Å². The lowest BCUT2D eigenvalue weighted by Crippen LogP contribution is -2.45. The van der Waals surface area contributed by atoms with Crippen molar-refractivity contribution in [2.75, 3.05) is 18.5 Å². The summed E-state index contributed by atoms with van der Waals surface area (Å²) in [7, 11) is 0. The fraction of sp³-hybridized carbons (Fsp3) is 0.308. The van der Waals surface area contributed by atoms with Crippen LogP contribution in [0.4, 0.5) is 10.5 Å². The number of amides is 3. The van der Waals surface area contributed by atoms with Crippen LogP contribution in [-0.4, -0.2) is 40.9 Å². The summed E-state index contributed by atoms with van der Waals surface area (Å²) >= 11 is 0. The van der Waals surface area contributed by atoms with Gasteiger partial charge in [-0.15, -0.1) is 0 Å². The van der Waals surface area contributed by atoms with Crippen LogP contribution >= 0.6 is 0 Å². The Kier molecular flexibility index (Phi) is 7.29. The molecule has 0 saturated heterocycles. The number of para-hydroxylation sites is 2. The Morgan fingerprint density at radius 1 is 1.00 bits per heavy atom. The smallest absolute Gasteiger partial charge is 0.322 e. The molecule has 1 N–H and O–H groups in total. The Morgan fingerprint density at radius 2 is 1.76 bits per heavy atom. The Bertz CT molecular complexity index is 1050. The zero-order chi connectivity index (χ0) is 23.0. The number of nitrogens with one attached hydrogen (secondary N) is 1. The van der Waals surface area contributed by atoms with Crippen molar-refractivity contribution < 1.29 is 18.7 Å². The number of anilines is 1. The predicted molar refractivity (Wildman–Crippen MR) is 126 cm³/mol. The van der Waals surface area contributed by atoms with E-state index < -0.39 is 0 Å². The van der Waals surface area contributed by atoms with Crippen molar-refractivity contribution in [3.63, 3.8) is 0 Å². The third-order valence-electron chi connectivity index (χ3n) is 5.48. The first-order chi connectivity index (χ1) is 16.1. The summed E-state index contributed by atoms with van der Waals surface area (Å²) in [6, 6.07) is 20.6. The highest BCUT2D eigenvalue weighted by Crippen LogP contribution is 2.29. The molecule has 0 aliphatic heterocycles. The Balaban J connectivity index is 1.48. The number of carbonyl (C=O) groups excluding carboxylic acids is 2. The van der Waals surface area contributed by atoms with Gasteiger partial charge in [0.25, 0.3) is 0 Å². The molecule has 1 aromatic heterocycles. The predicted octanol–water partition coefficient (Wildman–Crippen LogP) is 4.90. The summed E-state index contributed by atoms with van der Waals surface area (Å²) in [5.41, 5.74) is 1.62. The number of rotatable bonds is 10. The topological polar surface area (TPSA) is 75.0 Å². The molecule has 0 radical (unpaired) electrons. The number of hydrogen-bond donors (Lipinski definition) is 1. The van der Waals surface area contributed by atoms with E-state index in [1.54, 1.807) is 28.2 Å². The van der Waals surface area contributed by atoms with E-state index >= 15 is 0 Å². The first-order valence-corrected chi connectivity index (χ1v) is 11.3. The average molecular weight is 448 g/mol. The summed E-state index contributed by atoms with van der Waals surface area (Å²) in [5.74, 6) is 1.18. The molecule has 1 saturated carbocycles. The summed E-state index contributed by atoms with van der Waals surface area (Å²) in [6.45, 7) is 3.18. The molecule has 0 bridgehead atoms. The van der Waals surface area contributed by atoms with Crippen molar-refractivity contribution in [3.05, 3.63) is 84.3 Å². The van der Waals surface area contributed by atoms with Gasteiger partial charge < -0.3 is 24.3 Å². The van der Waals surface area contributed by atoms with E-state index in [2.05, 4.69) is 5.32 Å². The molecule has 0 unspecified atom stereocenters. The van der Waals surface area contributed by atoms with Crippen molar-refractivity contribution in [1.29, 1.82) is 0 Å². The van der Waals surface area contributed by atoms with Crippen LogP contribution in [0.5, 0.6) is 5.75 Å². The number of ether oxygens (including phenoxy) is 1. The molecule has 0 spiro atoms. The maximum Gasteiger partial charge on any atom is 0.322 e. The van der Waals surface area contributed by atoms with Crippen LogP contribution in [0.1, 0.15) is 31.1 Å². The van der Waals surface area contributed by atoms with Gasteiger partial charge in [0.05, 0.1) is 25.1 Å². The van der Waals surface area contributed by atoms with Gasteiger partial charge in [-0.1, -0.05) is 42.5 Å². The minimum atomic E-state index is -0.296. The van der Waals surface area contributed by atoms with Crippen molar-refractivity contribution >= 4 is 17.6 Å². The second kappa shape index (κ2) is 10.7. The van der Waals surface area contributed by atoms with Crippen molar-refractivity contribution in [1.82, 2.24) is 9.80 Å². The monoisotopic (exact) mass is 447 g/mol. The molecule has 1 heterocycles. The highest BCUT2D eigenvalue weighted by Gasteiger charge is 2.35. The lowest BCUT2D eigenvalue weighted by molar-refractivity contribution is -0.133. The van der Waals surface area contributed by atoms with E-state index in [0.29, 0.717) is 36.9 Å². The molecule has 3 aromatic rings. The fourth-order valence-electron chi connectivity index (χ4n) is 3.66. The first kappa shape index (κ1) is 22.5. The van der Waals surface area contributed by atoms with Crippen LogP contribution in [-0.2, 0) is 17.9 Å². The van der Waals surface area contributed by atoms with Gasteiger partial charge >= 0.3 is 6.03 Å². The first-order valence-electron chi connectivity index (χ1n) is 11.3. The van der Waals surface area contributed by atoms with Crippen LogP contribution in [0, 0.1) is 0 Å². The molecule has 172 valence electrons. The molecule has 1 aliphatic rings. The number of benzene rings is 2. The van der Waals surface area contributed by atoms with Gasteiger partial charge in [0, 0.05) is 12.6 Å². The van der Waals surface area contributed by atoms with Gasteiger partial charge in [-0.25, -0.2) is 4.79 Å². The zero-order valence-electron chi connectivity index (χ0n) is 18.8. The highest BCUT2D eigenvalue weighted by atomic mass is 16.5. The molecule has 2 aromatic carbocycles. The lowest BCUT2D eigenvalue weighted by atomic mass is 10.2. The van der Waals surface area contributed by atoms with Crippen LogP contribution < -0.4 is 10.1 Å². The van der Waals surface area contributed by atoms with Gasteiger partial charge in [0.15, 0.2) is 0 Å². The van der Waals surface area contributed by atoms with Crippen LogP contribution in [0.2, 0.25) is 0 Å². The summed E-state index contributed by atoms with van der Waals surface area (Å²) in [5, 5.41) is 2.93. The largest absolute Gasteiger partial charge is 0.492 e. The van der Waals surface area contributed by atoms with Gasteiger partial charge in [0.2, 0.25) is 5.91 Å². The van der Waals surface area contributed by atoms with Crippen LogP contribution in [0.3, 0.4) is 0 Å². The molecular weight excluding hydrogens is 418 g/mol. The molecule has 1 fully saturated rings. The standard InChI is InChI=1S/C26H29N3O4/c1-2-32-24-13-7-6-12-23(24)27-26(31)29(21-14-15-21)19-25(30)28(18-22-11-8-16-33-22)17-20-9-4-3-5-10-20/h3-13,16,21H,2,14-15,17-19H2,1H3,(H,27,31). The molecule has 33 heavy (non-hydrogen) atoms. The second-order valence-corrected chi connectivity index (χ2v) is 8.03. The summed E-state index contributed by atoms with van der Waals surface area (Å²) < 4.78 is 11.1. The van der Waals surface area contributed by atoms with Gasteiger partial charge in [-0.3, -0.25) is 4.79 Å². The number of nitrogens with zero attached hydrogens (tertiary/aromatic N) is 2. The molecule has 7 heteroatoms. The highest BCUT2D eigenvalue weighted by molar-refractivity contribution is 5.94. The van der Waals surface area contributed by atoms with Gasteiger partial charge in [-0.2, -0.15) is 0 Å². The van der Waals surface area contributed by atoms with E-state index in [1.807, 2.05) is 61.5 Å². The Morgan fingerprint density at radius 3 is 2.45 bits per heavy atom. The number of hydrogen-bond acceptors (Lipinski definition) is 4. The number of carbonyl (C=O) groups is 2. The van der Waals surface area contributed by atoms with E-state index in [4.69, 9.17) is 9.15 Å². The molecular formula is C26H29N3O4. The van der Waals surface area contributed by atoms with Crippen molar-refractivity contribution in [2.24, 2.45) is 0 Å². The molecule has 0 atom stereocenters. The maximum absolute atomic E-state index is 13.4. The summed E-state index contributed by atoms with van der Waals surface area (Å²) in [4.78, 5) is 29.9. The molecule has 7 nitrogen and oxygen atoms in total. The summed E-state index contributed by atoms with van der Waals surface area (Å²) in [6.07, 6.45) is 3.38. The maximum atomic E-state index is 13.4. The van der Waals surface area contributed by atoms with E-state index in [9.17, 15) is 9.59 Å². The third kappa shape index (κ3) is 6.16. The van der Waals surface area contributed by atoms with Crippen molar-refractivity contribution in [3.8, 4) is 5.75 Å². The lowest BCUT2D eigenvalue weighted by Gasteiger charge is -2.28. The van der Waals surface area contributed by atoms with Crippen LogP contribution in [0.15, 0.2) is 77.4 Å². The third-order valence-corrected chi connectivity index (χ3v) is 5.48. The van der Waals surface area contributed by atoms with E-state index in [1.165, 1.54) is 0 Å². The Hall–Kier alpha value is -3.74. The molecule has 1 aliphatic carbocycles. The van der Waals surface area contributed by atoms with E-state index in [0.717, 1.165) is 18.4 Å². The normalized spacial score (nSPS) is 12.8. The SMILES string of the molecule is CCOc1ccccc1NC(=O)N(CC(=O)N(Cc1ccccc1)Cc1ccco1)C1CC1. The van der Waals surface area contributed by atoms with E-state index in [-0.39, 0.29) is 24.5 Å². The number of furan rings is 1. The van der Waals surface area contributed by atoms with Crippen molar-refractivity contribution in [2.45, 2.75) is 38.9 Å². The minimum absolute atomic E-state index is 0.000837. The zero-order valence-corrected chi connectivity index (χ0v) is 18.8. The minimum Gasteiger partial charge on any atom is -0.492 e. The fourth-order valence-corrected chi connectivity index (χ4v) is 3.66. The quantitative estimate of drug-likeness (QED) is 0.480. The van der Waals surface area contributed by atoms with Gasteiger partial charge in [-0.05, 0) is 49.6 Å². The second-order valence-electron chi connectivity index (χ2n) is 8.03. The van der Waals surface area contributed by atoms with Crippen LogP contribution in [0.25, 0.3) is 0 Å².